The smallest absolute Gasteiger partial charge is 0.191 e. The first kappa shape index (κ1) is 27.0. The Bertz CT molecular complexity index is 617. The van der Waals surface area contributed by atoms with E-state index in [-0.39, 0.29) is 35.5 Å². The van der Waals surface area contributed by atoms with Crippen molar-refractivity contribution in [2.24, 2.45) is 10.4 Å². The molecule has 1 saturated carbocycles. The van der Waals surface area contributed by atoms with Crippen LogP contribution in [0.4, 0.5) is 0 Å². The molecule has 1 aliphatic carbocycles. The van der Waals surface area contributed by atoms with E-state index in [0.717, 1.165) is 43.4 Å². The van der Waals surface area contributed by atoms with E-state index in [0.29, 0.717) is 6.54 Å². The summed E-state index contributed by atoms with van der Waals surface area (Å²) < 4.78 is 11.0. The number of nitrogens with zero attached hydrogens (tertiary/aromatic N) is 1. The van der Waals surface area contributed by atoms with Crippen LogP contribution >= 0.6 is 24.0 Å². The SMILES string of the molecule is CCNC(=NCC1(CCOC)CCCC1)NCC(O)c1ccc(OC(C)C)cc1.I. The van der Waals surface area contributed by atoms with Crippen molar-refractivity contribution in [3.63, 3.8) is 0 Å². The van der Waals surface area contributed by atoms with Crippen molar-refractivity contribution >= 4 is 29.9 Å². The fourth-order valence-corrected chi connectivity index (χ4v) is 3.87. The Kier molecular flexibility index (Phi) is 12.7. The van der Waals surface area contributed by atoms with E-state index >= 15 is 0 Å². The highest BCUT2D eigenvalue weighted by Gasteiger charge is 2.33. The summed E-state index contributed by atoms with van der Waals surface area (Å²) in [4.78, 5) is 4.84. The highest BCUT2D eigenvalue weighted by molar-refractivity contribution is 14.0. The van der Waals surface area contributed by atoms with Crippen LogP contribution in [0.25, 0.3) is 0 Å². The van der Waals surface area contributed by atoms with Gasteiger partial charge in [-0.3, -0.25) is 4.99 Å². The quantitative estimate of drug-likeness (QED) is 0.225. The van der Waals surface area contributed by atoms with Gasteiger partial charge in [-0.2, -0.15) is 0 Å². The molecule has 0 bridgehead atoms. The number of halogens is 1. The van der Waals surface area contributed by atoms with E-state index in [1.807, 2.05) is 38.1 Å². The normalized spacial score (nSPS) is 16.8. The summed E-state index contributed by atoms with van der Waals surface area (Å²) in [5, 5.41) is 17.1. The van der Waals surface area contributed by atoms with Gasteiger partial charge in [-0.1, -0.05) is 25.0 Å². The van der Waals surface area contributed by atoms with Crippen molar-refractivity contribution in [2.75, 3.05) is 33.4 Å². The monoisotopic (exact) mass is 533 g/mol. The van der Waals surface area contributed by atoms with E-state index < -0.39 is 6.10 Å². The molecule has 1 unspecified atom stereocenters. The van der Waals surface area contributed by atoms with Crippen molar-refractivity contribution in [3.05, 3.63) is 29.8 Å². The predicted octanol–water partition coefficient (Wildman–Crippen LogP) is 4.28. The van der Waals surface area contributed by atoms with Gasteiger partial charge in [-0.15, -0.1) is 24.0 Å². The summed E-state index contributed by atoms with van der Waals surface area (Å²) in [6.45, 7) is 8.82. The second kappa shape index (κ2) is 14.1. The molecule has 0 aromatic heterocycles. The van der Waals surface area contributed by atoms with E-state index in [2.05, 4.69) is 17.6 Å². The number of guanidine groups is 1. The van der Waals surface area contributed by atoms with Crippen molar-refractivity contribution < 1.29 is 14.6 Å². The number of nitrogens with one attached hydrogen (secondary N) is 2. The fraction of sp³-hybridized carbons (Fsp3) is 0.696. The molecule has 0 amide bonds. The van der Waals surface area contributed by atoms with E-state index in [4.69, 9.17) is 14.5 Å². The highest BCUT2D eigenvalue weighted by Crippen LogP contribution is 2.41. The first-order valence-electron chi connectivity index (χ1n) is 10.9. The van der Waals surface area contributed by atoms with Gasteiger partial charge >= 0.3 is 0 Å². The molecule has 1 fully saturated rings. The van der Waals surface area contributed by atoms with Gasteiger partial charge in [0, 0.05) is 33.4 Å². The molecule has 3 N–H and O–H groups in total. The summed E-state index contributed by atoms with van der Waals surface area (Å²) in [6, 6.07) is 7.62. The number of hydrogen-bond donors (Lipinski definition) is 3. The average molecular weight is 533 g/mol. The molecule has 0 radical (unpaired) electrons. The largest absolute Gasteiger partial charge is 0.491 e. The summed E-state index contributed by atoms with van der Waals surface area (Å²) in [6.07, 6.45) is 5.56. The number of methoxy groups -OCH3 is 1. The molecular formula is C23H40IN3O3. The van der Waals surface area contributed by atoms with Gasteiger partial charge in [0.25, 0.3) is 0 Å². The molecule has 172 valence electrons. The number of rotatable bonds is 11. The minimum absolute atomic E-state index is 0. The lowest BCUT2D eigenvalue weighted by atomic mass is 9.83. The van der Waals surface area contributed by atoms with Gasteiger partial charge in [-0.25, -0.2) is 0 Å². The Labute approximate surface area is 199 Å². The minimum Gasteiger partial charge on any atom is -0.491 e. The molecule has 1 atom stereocenters. The van der Waals surface area contributed by atoms with Gasteiger partial charge in [-0.05, 0) is 63.1 Å². The molecule has 0 spiro atoms. The first-order chi connectivity index (χ1) is 14.0. The van der Waals surface area contributed by atoms with Crippen LogP contribution in [0, 0.1) is 5.41 Å². The Morgan fingerprint density at radius 3 is 2.40 bits per heavy atom. The Morgan fingerprint density at radius 2 is 1.83 bits per heavy atom. The number of benzene rings is 1. The zero-order valence-corrected chi connectivity index (χ0v) is 21.3. The van der Waals surface area contributed by atoms with E-state index in [9.17, 15) is 5.11 Å². The lowest BCUT2D eigenvalue weighted by molar-refractivity contribution is 0.141. The van der Waals surface area contributed by atoms with Crippen molar-refractivity contribution in [1.29, 1.82) is 0 Å². The molecule has 0 saturated heterocycles. The number of hydrogen-bond acceptors (Lipinski definition) is 4. The molecule has 2 rings (SSSR count). The highest BCUT2D eigenvalue weighted by atomic mass is 127. The van der Waals surface area contributed by atoms with Gasteiger partial charge < -0.3 is 25.2 Å². The lowest BCUT2D eigenvalue weighted by Gasteiger charge is -2.27. The molecule has 7 heteroatoms. The Morgan fingerprint density at radius 1 is 1.17 bits per heavy atom. The standard InChI is InChI=1S/C23H39N3O3.HI/c1-5-24-22(26-17-23(14-15-28-4)12-6-7-13-23)25-16-21(27)19-8-10-20(11-9-19)29-18(2)3;/h8-11,18,21,27H,5-7,12-17H2,1-4H3,(H2,24,25,26);1H. The molecule has 0 aliphatic heterocycles. The maximum atomic E-state index is 10.6. The zero-order chi connectivity index (χ0) is 21.1. The second-order valence-electron chi connectivity index (χ2n) is 8.28. The number of aliphatic hydroxyl groups is 1. The average Bonchev–Trinajstić information content (AvgIpc) is 3.17. The molecule has 30 heavy (non-hydrogen) atoms. The first-order valence-corrected chi connectivity index (χ1v) is 10.9. The lowest BCUT2D eigenvalue weighted by Crippen LogP contribution is -2.40. The number of aliphatic imine (C=N–C) groups is 1. The summed E-state index contributed by atoms with van der Waals surface area (Å²) in [5.74, 6) is 1.58. The number of aliphatic hydroxyl groups excluding tert-OH is 1. The Balaban J connectivity index is 0.00000450. The van der Waals surface area contributed by atoms with Crippen LogP contribution in [-0.4, -0.2) is 50.5 Å². The summed E-state index contributed by atoms with van der Waals surface area (Å²) in [7, 11) is 1.76. The summed E-state index contributed by atoms with van der Waals surface area (Å²) >= 11 is 0. The van der Waals surface area contributed by atoms with Crippen molar-refractivity contribution in [3.8, 4) is 5.75 Å². The van der Waals surface area contributed by atoms with Crippen molar-refractivity contribution in [2.45, 2.75) is 65.1 Å². The van der Waals surface area contributed by atoms with Gasteiger partial charge in [0.1, 0.15) is 5.75 Å². The Hall–Kier alpha value is -1.06. The van der Waals surface area contributed by atoms with Crippen LogP contribution in [0.1, 0.15) is 64.5 Å². The molecule has 1 aromatic carbocycles. The van der Waals surface area contributed by atoms with Crippen LogP contribution < -0.4 is 15.4 Å². The maximum Gasteiger partial charge on any atom is 0.191 e. The van der Waals surface area contributed by atoms with Crippen molar-refractivity contribution in [1.82, 2.24) is 10.6 Å². The van der Waals surface area contributed by atoms with Crippen LogP contribution in [0.5, 0.6) is 5.75 Å². The van der Waals surface area contributed by atoms with Crippen LogP contribution in [0.3, 0.4) is 0 Å². The third-order valence-electron chi connectivity index (χ3n) is 5.52. The molecule has 1 aliphatic rings. The summed E-state index contributed by atoms with van der Waals surface area (Å²) in [5.41, 5.74) is 1.11. The molecule has 0 heterocycles. The minimum atomic E-state index is -0.610. The zero-order valence-electron chi connectivity index (χ0n) is 18.9. The maximum absolute atomic E-state index is 10.6. The van der Waals surface area contributed by atoms with Gasteiger partial charge in [0.15, 0.2) is 5.96 Å². The predicted molar refractivity (Wildman–Crippen MR) is 134 cm³/mol. The number of ether oxygens (including phenoxy) is 2. The third kappa shape index (κ3) is 8.98. The van der Waals surface area contributed by atoms with Gasteiger partial charge in [0.05, 0.1) is 12.2 Å². The second-order valence-corrected chi connectivity index (χ2v) is 8.28. The third-order valence-corrected chi connectivity index (χ3v) is 5.52. The van der Waals surface area contributed by atoms with Crippen LogP contribution in [-0.2, 0) is 4.74 Å². The van der Waals surface area contributed by atoms with E-state index in [1.165, 1.54) is 25.7 Å². The fourth-order valence-electron chi connectivity index (χ4n) is 3.87. The van der Waals surface area contributed by atoms with Crippen LogP contribution in [0.15, 0.2) is 29.3 Å². The van der Waals surface area contributed by atoms with Crippen LogP contribution in [0.2, 0.25) is 0 Å². The topological polar surface area (TPSA) is 75.1 Å². The molecule has 1 aromatic rings. The molecular weight excluding hydrogens is 493 g/mol. The van der Waals surface area contributed by atoms with Gasteiger partial charge in [0.2, 0.25) is 0 Å². The molecule has 6 nitrogen and oxygen atoms in total. The van der Waals surface area contributed by atoms with E-state index in [1.54, 1.807) is 7.11 Å².